The van der Waals surface area contributed by atoms with Crippen LogP contribution in [-0.2, 0) is 4.79 Å². The number of nitrogens with zero attached hydrogens (tertiary/aromatic N) is 1. The highest BCUT2D eigenvalue weighted by Gasteiger charge is 2.26. The molecule has 1 fully saturated rings. The fraction of sp³-hybridized carbons (Fsp3) is 0.350. The number of carboxylic acids is 1. The van der Waals surface area contributed by atoms with Crippen LogP contribution in [0.25, 0.3) is 0 Å². The second-order valence-electron chi connectivity index (χ2n) is 6.40. The summed E-state index contributed by atoms with van der Waals surface area (Å²) in [5.74, 6) is 0.960. The Morgan fingerprint density at radius 2 is 1.83 bits per heavy atom. The second-order valence-corrected chi connectivity index (χ2v) is 6.40. The quantitative estimate of drug-likeness (QED) is 0.877. The predicted molar refractivity (Wildman–Crippen MR) is 95.1 cm³/mol. The molecule has 1 N–H and O–H groups in total. The third kappa shape index (κ3) is 3.53. The number of hydrogen-bond acceptors (Lipinski definition) is 3. The monoisotopic (exact) mass is 325 g/mol. The fourth-order valence-electron chi connectivity index (χ4n) is 3.37. The maximum Gasteiger partial charge on any atom is 0.305 e. The van der Waals surface area contributed by atoms with Gasteiger partial charge in [0.05, 0.1) is 6.42 Å². The minimum atomic E-state index is -0.734. The Balaban J connectivity index is 1.75. The average molecular weight is 325 g/mol. The molecule has 4 nitrogen and oxygen atoms in total. The van der Waals surface area contributed by atoms with Gasteiger partial charge in [-0.05, 0) is 62.1 Å². The molecule has 2 aromatic carbocycles. The van der Waals surface area contributed by atoms with Gasteiger partial charge in [-0.2, -0.15) is 0 Å². The van der Waals surface area contributed by atoms with Crippen molar-refractivity contribution in [1.82, 2.24) is 0 Å². The van der Waals surface area contributed by atoms with Gasteiger partial charge in [0.1, 0.15) is 11.5 Å². The van der Waals surface area contributed by atoms with Crippen molar-refractivity contribution in [1.29, 1.82) is 0 Å². The van der Waals surface area contributed by atoms with Gasteiger partial charge < -0.3 is 14.7 Å². The Kier molecular flexibility index (Phi) is 4.74. The molecule has 0 saturated carbocycles. The zero-order valence-electron chi connectivity index (χ0n) is 14.2. The van der Waals surface area contributed by atoms with Crippen LogP contribution in [0.1, 0.15) is 30.4 Å². The summed E-state index contributed by atoms with van der Waals surface area (Å²) in [5, 5.41) is 9.05. The number of aryl methyl sites for hydroxylation is 2. The van der Waals surface area contributed by atoms with E-state index in [0.717, 1.165) is 47.7 Å². The number of ether oxygens (including phenoxy) is 1. The fourth-order valence-corrected chi connectivity index (χ4v) is 3.37. The number of anilines is 1. The predicted octanol–water partition coefficient (Wildman–Crippen LogP) is 4.54. The zero-order valence-corrected chi connectivity index (χ0v) is 14.2. The molecule has 1 saturated heterocycles. The minimum absolute atomic E-state index is 0.0906. The topological polar surface area (TPSA) is 49.8 Å². The Bertz CT molecular complexity index is 704. The van der Waals surface area contributed by atoms with Gasteiger partial charge in [-0.25, -0.2) is 0 Å². The van der Waals surface area contributed by atoms with Crippen molar-refractivity contribution < 1.29 is 14.6 Å². The number of rotatable bonds is 5. The van der Waals surface area contributed by atoms with Gasteiger partial charge in [-0.1, -0.05) is 18.2 Å². The lowest BCUT2D eigenvalue weighted by Crippen LogP contribution is -2.31. The molecule has 0 spiro atoms. The van der Waals surface area contributed by atoms with E-state index < -0.39 is 5.97 Å². The van der Waals surface area contributed by atoms with E-state index in [1.807, 2.05) is 56.3 Å². The van der Waals surface area contributed by atoms with Gasteiger partial charge in [0.2, 0.25) is 0 Å². The van der Waals surface area contributed by atoms with E-state index in [0.29, 0.717) is 0 Å². The SMILES string of the molecule is Cc1cccc(C)c1Oc1ccc(N2CCC[C@H]2CC(=O)O)cc1. The van der Waals surface area contributed by atoms with Gasteiger partial charge in [0, 0.05) is 18.3 Å². The van der Waals surface area contributed by atoms with Crippen LogP contribution in [0.5, 0.6) is 11.5 Å². The summed E-state index contributed by atoms with van der Waals surface area (Å²) in [4.78, 5) is 13.2. The first-order chi connectivity index (χ1) is 11.5. The molecule has 24 heavy (non-hydrogen) atoms. The Labute approximate surface area is 142 Å². The molecular formula is C20H23NO3. The summed E-state index contributed by atoms with van der Waals surface area (Å²) in [5.41, 5.74) is 3.29. The largest absolute Gasteiger partial charge is 0.481 e. The first-order valence-electron chi connectivity index (χ1n) is 8.37. The highest BCUT2D eigenvalue weighted by Crippen LogP contribution is 2.32. The molecule has 1 aliphatic rings. The van der Waals surface area contributed by atoms with Crippen molar-refractivity contribution in [2.75, 3.05) is 11.4 Å². The smallest absolute Gasteiger partial charge is 0.305 e. The van der Waals surface area contributed by atoms with Gasteiger partial charge in [-0.3, -0.25) is 4.79 Å². The van der Waals surface area contributed by atoms with Crippen LogP contribution in [0.2, 0.25) is 0 Å². The molecule has 0 amide bonds. The van der Waals surface area contributed by atoms with E-state index in [-0.39, 0.29) is 12.5 Å². The first kappa shape index (κ1) is 16.4. The minimum Gasteiger partial charge on any atom is -0.481 e. The first-order valence-corrected chi connectivity index (χ1v) is 8.37. The summed E-state index contributed by atoms with van der Waals surface area (Å²) in [6.07, 6.45) is 2.17. The lowest BCUT2D eigenvalue weighted by molar-refractivity contribution is -0.137. The maximum atomic E-state index is 11.0. The van der Waals surface area contributed by atoms with E-state index >= 15 is 0 Å². The summed E-state index contributed by atoms with van der Waals surface area (Å²) in [6.45, 7) is 4.99. The standard InChI is InChI=1S/C20H23NO3/c1-14-5-3-6-15(2)20(14)24-18-10-8-16(9-11-18)21-12-4-7-17(21)13-19(22)23/h3,5-6,8-11,17H,4,7,12-13H2,1-2H3,(H,22,23)/t17-/m0/s1. The number of aliphatic carboxylic acids is 1. The van der Waals surface area contributed by atoms with Crippen LogP contribution < -0.4 is 9.64 Å². The molecule has 0 aromatic heterocycles. The molecule has 1 atom stereocenters. The summed E-state index contributed by atoms with van der Waals surface area (Å²) in [6, 6.07) is 14.1. The highest BCUT2D eigenvalue weighted by atomic mass is 16.5. The maximum absolute atomic E-state index is 11.0. The highest BCUT2D eigenvalue weighted by molar-refractivity contribution is 5.69. The van der Waals surface area contributed by atoms with E-state index in [4.69, 9.17) is 9.84 Å². The van der Waals surface area contributed by atoms with Gasteiger partial charge in [0.25, 0.3) is 0 Å². The third-order valence-electron chi connectivity index (χ3n) is 4.58. The molecule has 3 rings (SSSR count). The number of hydrogen-bond donors (Lipinski definition) is 1. The molecule has 4 heteroatoms. The van der Waals surface area contributed by atoms with Crippen molar-refractivity contribution in [3.63, 3.8) is 0 Å². The number of para-hydroxylation sites is 1. The Morgan fingerprint density at radius 3 is 2.46 bits per heavy atom. The van der Waals surface area contributed by atoms with E-state index in [2.05, 4.69) is 4.90 Å². The number of carbonyl (C=O) groups is 1. The molecule has 2 aromatic rings. The lowest BCUT2D eigenvalue weighted by Gasteiger charge is -2.26. The average Bonchev–Trinajstić information content (AvgIpc) is 2.99. The van der Waals surface area contributed by atoms with Gasteiger partial charge in [0.15, 0.2) is 0 Å². The van der Waals surface area contributed by atoms with Crippen LogP contribution in [-0.4, -0.2) is 23.7 Å². The summed E-state index contributed by atoms with van der Waals surface area (Å²) < 4.78 is 6.04. The van der Waals surface area contributed by atoms with Crippen molar-refractivity contribution in [3.8, 4) is 11.5 Å². The Hall–Kier alpha value is -2.49. The molecule has 0 radical (unpaired) electrons. The van der Waals surface area contributed by atoms with Crippen LogP contribution in [0, 0.1) is 13.8 Å². The van der Waals surface area contributed by atoms with E-state index in [1.54, 1.807) is 0 Å². The molecule has 0 aliphatic carbocycles. The van der Waals surface area contributed by atoms with E-state index in [1.165, 1.54) is 0 Å². The van der Waals surface area contributed by atoms with Crippen LogP contribution in [0.4, 0.5) is 5.69 Å². The van der Waals surface area contributed by atoms with Crippen molar-refractivity contribution >= 4 is 11.7 Å². The van der Waals surface area contributed by atoms with Crippen LogP contribution in [0.3, 0.4) is 0 Å². The van der Waals surface area contributed by atoms with Gasteiger partial charge in [-0.15, -0.1) is 0 Å². The summed E-state index contributed by atoms with van der Waals surface area (Å²) >= 11 is 0. The summed E-state index contributed by atoms with van der Waals surface area (Å²) in [7, 11) is 0. The molecule has 1 aliphatic heterocycles. The molecule has 0 bridgehead atoms. The van der Waals surface area contributed by atoms with E-state index in [9.17, 15) is 4.79 Å². The van der Waals surface area contributed by atoms with Crippen molar-refractivity contribution in [2.45, 2.75) is 39.2 Å². The lowest BCUT2D eigenvalue weighted by atomic mass is 10.1. The molecular weight excluding hydrogens is 302 g/mol. The second kappa shape index (κ2) is 6.95. The van der Waals surface area contributed by atoms with Crippen molar-refractivity contribution in [3.05, 3.63) is 53.6 Å². The molecule has 0 unspecified atom stereocenters. The number of carboxylic acid groups (broad SMARTS) is 1. The normalized spacial score (nSPS) is 17.1. The van der Waals surface area contributed by atoms with Crippen LogP contribution in [0.15, 0.2) is 42.5 Å². The Morgan fingerprint density at radius 1 is 1.17 bits per heavy atom. The number of benzene rings is 2. The zero-order chi connectivity index (χ0) is 17.1. The van der Waals surface area contributed by atoms with Crippen LogP contribution >= 0.6 is 0 Å². The molecule has 126 valence electrons. The third-order valence-corrected chi connectivity index (χ3v) is 4.58. The van der Waals surface area contributed by atoms with Crippen molar-refractivity contribution in [2.24, 2.45) is 0 Å². The molecule has 1 heterocycles. The van der Waals surface area contributed by atoms with Gasteiger partial charge >= 0.3 is 5.97 Å².